The van der Waals surface area contributed by atoms with Gasteiger partial charge in [-0.25, -0.2) is 26.7 Å². The predicted octanol–water partition coefficient (Wildman–Crippen LogP) is 0.746. The first-order valence-electron chi connectivity index (χ1n) is 5.84. The second-order valence-electron chi connectivity index (χ2n) is 4.23. The van der Waals surface area contributed by atoms with E-state index in [0.29, 0.717) is 10.4 Å². The van der Waals surface area contributed by atoms with Crippen molar-refractivity contribution >= 4 is 31.4 Å². The molecule has 22 heavy (non-hydrogen) atoms. The molecule has 2 rings (SSSR count). The fraction of sp³-hybridized carbons (Fsp3) is 0.0833. The lowest BCUT2D eigenvalue weighted by atomic mass is 10.2. The fourth-order valence-electron chi connectivity index (χ4n) is 1.56. The first kappa shape index (κ1) is 16.6. The highest BCUT2D eigenvalue weighted by atomic mass is 32.2. The van der Waals surface area contributed by atoms with Crippen molar-refractivity contribution in [2.24, 2.45) is 5.14 Å². The van der Waals surface area contributed by atoms with Crippen molar-refractivity contribution in [3.8, 4) is 6.07 Å². The molecule has 10 heteroatoms. The summed E-state index contributed by atoms with van der Waals surface area (Å²) in [4.78, 5) is 0.538. The summed E-state index contributed by atoms with van der Waals surface area (Å²) in [5.41, 5.74) is 0.356. The number of nitrogens with two attached hydrogens (primary N) is 1. The summed E-state index contributed by atoms with van der Waals surface area (Å²) in [5, 5.41) is 13.7. The van der Waals surface area contributed by atoms with Crippen molar-refractivity contribution in [2.45, 2.75) is 15.6 Å². The average molecular weight is 357 g/mol. The van der Waals surface area contributed by atoms with E-state index in [-0.39, 0.29) is 15.6 Å². The van der Waals surface area contributed by atoms with Gasteiger partial charge in [0.1, 0.15) is 4.21 Å². The van der Waals surface area contributed by atoms with Gasteiger partial charge in [0.05, 0.1) is 16.5 Å². The Morgan fingerprint density at radius 3 is 2.23 bits per heavy atom. The van der Waals surface area contributed by atoms with E-state index in [9.17, 15) is 16.8 Å². The Bertz CT molecular complexity index is 923. The lowest BCUT2D eigenvalue weighted by molar-refractivity contribution is 0.581. The molecule has 0 saturated heterocycles. The van der Waals surface area contributed by atoms with E-state index >= 15 is 0 Å². The molecule has 0 bridgehead atoms. The minimum Gasteiger partial charge on any atom is -0.224 e. The number of hydrogen-bond donors (Lipinski definition) is 2. The number of benzene rings is 1. The van der Waals surface area contributed by atoms with E-state index in [1.165, 1.54) is 36.4 Å². The number of sulfonamides is 2. The van der Waals surface area contributed by atoms with Crippen molar-refractivity contribution in [2.75, 3.05) is 0 Å². The molecule has 0 radical (unpaired) electrons. The van der Waals surface area contributed by atoms with E-state index in [1.807, 2.05) is 6.07 Å². The minimum absolute atomic E-state index is 0.0229. The van der Waals surface area contributed by atoms with Crippen LogP contribution in [0.15, 0.2) is 45.5 Å². The van der Waals surface area contributed by atoms with Crippen LogP contribution in [0, 0.1) is 11.3 Å². The van der Waals surface area contributed by atoms with Gasteiger partial charge < -0.3 is 0 Å². The molecule has 0 amide bonds. The van der Waals surface area contributed by atoms with Crippen LogP contribution in [-0.2, 0) is 26.6 Å². The second-order valence-corrected chi connectivity index (χ2v) is 8.95. The molecule has 116 valence electrons. The number of rotatable bonds is 5. The van der Waals surface area contributed by atoms with Crippen molar-refractivity contribution in [3.05, 3.63) is 46.8 Å². The lowest BCUT2D eigenvalue weighted by Gasteiger charge is -2.05. The van der Waals surface area contributed by atoms with E-state index < -0.39 is 20.0 Å². The largest absolute Gasteiger partial charge is 0.247 e. The summed E-state index contributed by atoms with van der Waals surface area (Å²) < 4.78 is 48.8. The van der Waals surface area contributed by atoms with Gasteiger partial charge >= 0.3 is 0 Å². The Labute approximate surface area is 132 Å². The number of nitrogens with zero attached hydrogens (tertiary/aromatic N) is 1. The van der Waals surface area contributed by atoms with E-state index in [1.54, 1.807) is 0 Å². The van der Waals surface area contributed by atoms with Gasteiger partial charge in [-0.2, -0.15) is 5.26 Å². The summed E-state index contributed by atoms with van der Waals surface area (Å²) in [6, 6.07) is 10.2. The second kappa shape index (κ2) is 6.15. The maximum Gasteiger partial charge on any atom is 0.247 e. The van der Waals surface area contributed by atoms with Crippen molar-refractivity contribution < 1.29 is 16.8 Å². The molecule has 1 aromatic carbocycles. The van der Waals surface area contributed by atoms with E-state index in [4.69, 9.17) is 10.4 Å². The van der Waals surface area contributed by atoms with Gasteiger partial charge in [0.15, 0.2) is 0 Å². The zero-order valence-electron chi connectivity index (χ0n) is 11.1. The Balaban J connectivity index is 2.12. The number of thiophene rings is 1. The molecule has 0 fully saturated rings. The molecule has 0 aliphatic carbocycles. The third-order valence-electron chi connectivity index (χ3n) is 2.65. The molecule has 0 atom stereocenters. The van der Waals surface area contributed by atoms with Crippen molar-refractivity contribution in [1.82, 2.24) is 4.72 Å². The maximum atomic E-state index is 12.1. The Morgan fingerprint density at radius 1 is 1.09 bits per heavy atom. The van der Waals surface area contributed by atoms with Gasteiger partial charge in [0.2, 0.25) is 20.0 Å². The highest BCUT2D eigenvalue weighted by Crippen LogP contribution is 2.20. The van der Waals surface area contributed by atoms with Crippen LogP contribution in [0.25, 0.3) is 0 Å². The van der Waals surface area contributed by atoms with Gasteiger partial charge in [-0.15, -0.1) is 11.3 Å². The smallest absolute Gasteiger partial charge is 0.224 e. The Hall–Kier alpha value is -1.77. The van der Waals surface area contributed by atoms with Gasteiger partial charge in [-0.1, -0.05) is 0 Å². The zero-order valence-corrected chi connectivity index (χ0v) is 13.5. The first-order chi connectivity index (χ1) is 10.2. The van der Waals surface area contributed by atoms with Gasteiger partial charge in [-0.3, -0.25) is 0 Å². The van der Waals surface area contributed by atoms with Crippen molar-refractivity contribution in [3.63, 3.8) is 0 Å². The molecular weight excluding hydrogens is 346 g/mol. The minimum atomic E-state index is -3.78. The highest BCUT2D eigenvalue weighted by Gasteiger charge is 2.16. The third-order valence-corrected chi connectivity index (χ3v) is 6.59. The average Bonchev–Trinajstić information content (AvgIpc) is 2.94. The molecule has 2 aromatic rings. The number of hydrogen-bond acceptors (Lipinski definition) is 6. The van der Waals surface area contributed by atoms with Gasteiger partial charge in [0, 0.05) is 11.4 Å². The van der Waals surface area contributed by atoms with E-state index in [2.05, 4.69) is 4.72 Å². The Kier molecular flexibility index (Phi) is 4.64. The monoisotopic (exact) mass is 357 g/mol. The first-order valence-corrected chi connectivity index (χ1v) is 9.68. The molecule has 0 unspecified atom stereocenters. The molecule has 7 nitrogen and oxygen atoms in total. The third kappa shape index (κ3) is 3.90. The summed E-state index contributed by atoms with van der Waals surface area (Å²) in [7, 11) is -7.53. The molecule has 0 spiro atoms. The van der Waals surface area contributed by atoms with Gasteiger partial charge in [0.25, 0.3) is 0 Å². The maximum absolute atomic E-state index is 12.1. The van der Waals surface area contributed by atoms with Crippen LogP contribution >= 0.6 is 11.3 Å². The number of nitriles is 1. The number of primary sulfonamides is 1. The summed E-state index contributed by atoms with van der Waals surface area (Å²) in [6.45, 7) is -0.0531. The fourth-order valence-corrected chi connectivity index (χ4v) is 4.38. The molecule has 1 heterocycles. The quantitative estimate of drug-likeness (QED) is 0.815. The molecule has 0 aliphatic heterocycles. The van der Waals surface area contributed by atoms with Crippen LogP contribution in [0.4, 0.5) is 0 Å². The van der Waals surface area contributed by atoms with Crippen LogP contribution in [0.5, 0.6) is 0 Å². The predicted molar refractivity (Wildman–Crippen MR) is 80.9 cm³/mol. The molecule has 0 aliphatic rings. The summed E-state index contributed by atoms with van der Waals surface area (Å²) in [6.07, 6.45) is 0. The zero-order chi connectivity index (χ0) is 16.4. The topological polar surface area (TPSA) is 130 Å². The van der Waals surface area contributed by atoms with Crippen LogP contribution in [-0.4, -0.2) is 16.8 Å². The molecule has 0 saturated carbocycles. The lowest BCUT2D eigenvalue weighted by Crippen LogP contribution is -2.22. The van der Waals surface area contributed by atoms with Crippen LogP contribution < -0.4 is 9.86 Å². The normalized spacial score (nSPS) is 12.0. The Morgan fingerprint density at radius 2 is 1.73 bits per heavy atom. The molecule has 1 aromatic heterocycles. The van der Waals surface area contributed by atoms with E-state index in [0.717, 1.165) is 11.3 Å². The standard InChI is InChI=1S/C12H11N3O4S3/c13-7-9-1-4-11(5-2-9)22(18,19)15-8-10-3-6-12(20-10)21(14,16)17/h1-6,15H,8H2,(H2,14,16,17). The summed E-state index contributed by atoms with van der Waals surface area (Å²) >= 11 is 0.899. The van der Waals surface area contributed by atoms with Gasteiger partial charge in [-0.05, 0) is 36.4 Å². The SMILES string of the molecule is N#Cc1ccc(S(=O)(=O)NCc2ccc(S(N)(=O)=O)s2)cc1. The summed E-state index contributed by atoms with van der Waals surface area (Å²) in [5.74, 6) is 0. The van der Waals surface area contributed by atoms with Crippen LogP contribution in [0.1, 0.15) is 10.4 Å². The highest BCUT2D eigenvalue weighted by molar-refractivity contribution is 7.91. The van der Waals surface area contributed by atoms with Crippen LogP contribution in [0.3, 0.4) is 0 Å². The number of nitrogens with one attached hydrogen (secondary N) is 1. The van der Waals surface area contributed by atoms with Crippen molar-refractivity contribution in [1.29, 1.82) is 5.26 Å². The molecule has 3 N–H and O–H groups in total. The van der Waals surface area contributed by atoms with Crippen LogP contribution in [0.2, 0.25) is 0 Å². The molecular formula is C12H11N3O4S3.